The molecule has 8 aromatic carbocycles. The van der Waals surface area contributed by atoms with Gasteiger partial charge in [-0.05, 0) is 0 Å². The second kappa shape index (κ2) is 15.9. The van der Waals surface area contributed by atoms with Crippen LogP contribution < -0.4 is 0 Å². The van der Waals surface area contributed by atoms with E-state index in [4.69, 9.17) is 0 Å². The standard InChI is InChI=1S/2C29H25.C2H7Si.Zr/c2*1-29(2,3)22-18-21-12-9-17-27(28(21)19-22)26-15-7-6-14-25(26)24-16-8-11-20-10-4-5-13-23(20)24;1-3-2;/h2*4-19H,1-3H3;3H,1-2H3;. The molecule has 0 spiro atoms. The Morgan fingerprint density at radius 3 is 1.05 bits per heavy atom. The Balaban J connectivity index is 1.15. The Hall–Kier alpha value is -5.14. The van der Waals surface area contributed by atoms with E-state index in [1.54, 1.807) is 22.3 Å². The van der Waals surface area contributed by atoms with Gasteiger partial charge in [-0.3, -0.25) is 0 Å². The van der Waals surface area contributed by atoms with Crippen LogP contribution in [0.25, 0.3) is 78.2 Å². The molecule has 2 unspecified atom stereocenters. The van der Waals surface area contributed by atoms with Crippen molar-refractivity contribution >= 4 is 39.6 Å². The van der Waals surface area contributed by atoms with Crippen molar-refractivity contribution in [3.05, 3.63) is 203 Å². The van der Waals surface area contributed by atoms with Crippen LogP contribution in [0, 0.1) is 10.8 Å². The van der Waals surface area contributed by atoms with Gasteiger partial charge in [0.05, 0.1) is 0 Å². The van der Waals surface area contributed by atoms with Crippen molar-refractivity contribution in [1.29, 1.82) is 0 Å². The van der Waals surface area contributed by atoms with Crippen LogP contribution in [0.15, 0.2) is 181 Å². The van der Waals surface area contributed by atoms with E-state index in [2.05, 4.69) is 237 Å². The van der Waals surface area contributed by atoms with E-state index in [1.165, 1.54) is 77.2 Å². The van der Waals surface area contributed by atoms with Crippen molar-refractivity contribution in [3.8, 4) is 44.5 Å². The molecule has 0 N–H and O–H groups in total. The molecule has 62 heavy (non-hydrogen) atoms. The van der Waals surface area contributed by atoms with Gasteiger partial charge in [-0.1, -0.05) is 0 Å². The van der Waals surface area contributed by atoms with E-state index >= 15 is 0 Å². The van der Waals surface area contributed by atoms with Gasteiger partial charge >= 0.3 is 381 Å². The van der Waals surface area contributed by atoms with Gasteiger partial charge in [0.25, 0.3) is 0 Å². The first-order valence-corrected chi connectivity index (χ1v) is 32.6. The molecule has 2 aliphatic rings. The summed E-state index contributed by atoms with van der Waals surface area (Å²) in [6.45, 7) is 20.3. The summed E-state index contributed by atoms with van der Waals surface area (Å²) in [5.74, 6) is -1.17. The summed E-state index contributed by atoms with van der Waals surface area (Å²) < 4.78 is 1.02. The molecule has 0 radical (unpaired) electrons. The van der Waals surface area contributed by atoms with Crippen LogP contribution in [0.1, 0.15) is 71.0 Å². The van der Waals surface area contributed by atoms with Crippen molar-refractivity contribution in [2.75, 3.05) is 0 Å². The van der Waals surface area contributed by atoms with E-state index < -0.39 is 26.8 Å². The third kappa shape index (κ3) is 6.99. The van der Waals surface area contributed by atoms with Crippen molar-refractivity contribution in [3.63, 3.8) is 0 Å². The van der Waals surface area contributed by atoms with Gasteiger partial charge < -0.3 is 0 Å². The minimum absolute atomic E-state index is 0.0392. The van der Waals surface area contributed by atoms with Crippen LogP contribution in [-0.2, 0) is 20.9 Å². The van der Waals surface area contributed by atoms with Crippen molar-refractivity contribution in [2.45, 2.75) is 61.9 Å². The molecule has 0 heterocycles. The average Bonchev–Trinajstić information content (AvgIpc) is 3.87. The molecular weight excluding hydrogens is 840 g/mol. The van der Waals surface area contributed by atoms with Crippen LogP contribution in [-0.4, -0.2) is 5.92 Å². The quantitative estimate of drug-likeness (QED) is 0.140. The summed E-state index contributed by atoms with van der Waals surface area (Å²) in [6.07, 6.45) is 5.36. The maximum absolute atomic E-state index is 2.71. The molecule has 2 heteroatoms. The first-order chi connectivity index (χ1) is 29.9. The predicted molar refractivity (Wildman–Crippen MR) is 269 cm³/mol. The van der Waals surface area contributed by atoms with Crippen LogP contribution in [0.3, 0.4) is 0 Å². The van der Waals surface area contributed by atoms with Crippen LogP contribution in [0.2, 0.25) is 13.1 Å². The molecular formula is C60H57SiZr. The summed E-state index contributed by atoms with van der Waals surface area (Å²) in [5.41, 5.74) is 20.1. The molecule has 0 aromatic heterocycles. The maximum atomic E-state index is 2.71. The summed E-state index contributed by atoms with van der Waals surface area (Å²) >= 11 is -2.52. The topological polar surface area (TPSA) is 0 Å². The first-order valence-electron chi connectivity index (χ1n) is 22.6. The zero-order valence-electron chi connectivity index (χ0n) is 37.6. The number of hydrogen-bond donors (Lipinski definition) is 0. The Morgan fingerprint density at radius 1 is 0.355 bits per heavy atom. The Labute approximate surface area is 378 Å². The Kier molecular flexibility index (Phi) is 10.5. The molecule has 10 rings (SSSR count). The first kappa shape index (κ1) is 40.9. The summed E-state index contributed by atoms with van der Waals surface area (Å²) in [7, 11) is 0. The fourth-order valence-corrected chi connectivity index (χ4v) is 34.5. The van der Waals surface area contributed by atoms with E-state index in [1.807, 2.05) is 0 Å². The summed E-state index contributed by atoms with van der Waals surface area (Å²) in [5, 5.41) is 5.18. The number of allylic oxidation sites excluding steroid dienone is 2. The molecule has 0 aliphatic heterocycles. The van der Waals surface area contributed by atoms with E-state index in [0.29, 0.717) is 7.25 Å². The fourth-order valence-electron chi connectivity index (χ4n) is 11.0. The molecule has 8 aromatic rings. The molecule has 0 amide bonds. The monoisotopic (exact) mass is 895 g/mol. The third-order valence-corrected chi connectivity index (χ3v) is 35.2. The fraction of sp³-hybridized carbons (Fsp3) is 0.200. The van der Waals surface area contributed by atoms with Crippen molar-refractivity contribution in [2.24, 2.45) is 10.8 Å². The normalized spacial score (nSPS) is 16.1. The molecule has 305 valence electrons. The second-order valence-corrected chi connectivity index (χ2v) is 40.0. The van der Waals surface area contributed by atoms with Crippen LogP contribution in [0.5, 0.6) is 0 Å². The number of benzene rings is 8. The van der Waals surface area contributed by atoms with Gasteiger partial charge in [-0.15, -0.1) is 0 Å². The third-order valence-electron chi connectivity index (χ3n) is 13.8. The minimum atomic E-state index is -2.52. The molecule has 2 aliphatic carbocycles. The zero-order valence-corrected chi connectivity index (χ0v) is 41.2. The molecule has 0 saturated carbocycles. The summed E-state index contributed by atoms with van der Waals surface area (Å²) in [4.78, 5) is 0. The van der Waals surface area contributed by atoms with Gasteiger partial charge in [-0.25, -0.2) is 0 Å². The van der Waals surface area contributed by atoms with E-state index in [-0.39, 0.29) is 10.8 Å². The molecule has 0 fully saturated rings. The number of fused-ring (bicyclic) bond motifs is 4. The number of rotatable bonds is 7. The average molecular weight is 897 g/mol. The van der Waals surface area contributed by atoms with Gasteiger partial charge in [0.15, 0.2) is 0 Å². The van der Waals surface area contributed by atoms with E-state index in [9.17, 15) is 0 Å². The number of hydrogen-bond acceptors (Lipinski definition) is 0. The molecule has 0 bridgehead atoms. The Morgan fingerprint density at radius 2 is 0.661 bits per heavy atom. The van der Waals surface area contributed by atoms with Crippen LogP contribution >= 0.6 is 0 Å². The van der Waals surface area contributed by atoms with E-state index in [0.717, 1.165) is 0 Å². The summed E-state index contributed by atoms with van der Waals surface area (Å²) in [6, 6.07) is 64.2. The van der Waals surface area contributed by atoms with Gasteiger partial charge in [0.1, 0.15) is 0 Å². The van der Waals surface area contributed by atoms with Gasteiger partial charge in [0, 0.05) is 0 Å². The van der Waals surface area contributed by atoms with Gasteiger partial charge in [0.2, 0.25) is 0 Å². The predicted octanol–water partition coefficient (Wildman–Crippen LogP) is 16.9. The zero-order chi connectivity index (χ0) is 42.9. The second-order valence-electron chi connectivity index (χ2n) is 20.0. The molecule has 2 atom stereocenters. The van der Waals surface area contributed by atoms with Gasteiger partial charge in [-0.2, -0.15) is 0 Å². The Bertz CT molecular complexity index is 2880. The van der Waals surface area contributed by atoms with Crippen molar-refractivity contribution in [1.82, 2.24) is 0 Å². The van der Waals surface area contributed by atoms with Crippen LogP contribution in [0.4, 0.5) is 0 Å². The molecule has 0 saturated heterocycles. The van der Waals surface area contributed by atoms with Crippen molar-refractivity contribution < 1.29 is 20.9 Å². The SMILES string of the molecule is C[SiH](C)[Zr]([CH]1C(C(C)(C)C)=Cc2c(-c3ccccc3-c3cccc4ccccc34)cccc21)[CH]1C(C(C)(C)C)=Cc2c(-c3ccccc3-c3cccc4ccccc34)cccc21. The molecule has 0 nitrogen and oxygen atoms in total.